The van der Waals surface area contributed by atoms with Gasteiger partial charge in [-0.05, 0) is 55.1 Å². The van der Waals surface area contributed by atoms with E-state index in [1.165, 1.54) is 26.9 Å². The third-order valence-corrected chi connectivity index (χ3v) is 5.73. The number of thiazole rings is 1. The SMILES string of the molecule is CCn1c(-c2ccc(OC)cc2)c(C)sc1=Nc1cccc2ccccc12.[Br-]. The van der Waals surface area contributed by atoms with Gasteiger partial charge in [-0.1, -0.05) is 36.4 Å². The predicted octanol–water partition coefficient (Wildman–Crippen LogP) is 2.94. The molecule has 0 amide bonds. The maximum Gasteiger partial charge on any atom is 0.190 e. The zero-order valence-electron chi connectivity index (χ0n) is 16.1. The summed E-state index contributed by atoms with van der Waals surface area (Å²) >= 11 is 1.74. The molecule has 0 spiro atoms. The molecule has 0 aliphatic carbocycles. The highest BCUT2D eigenvalue weighted by atomic mass is 79.9. The second kappa shape index (κ2) is 8.76. The number of hydrogen-bond acceptors (Lipinski definition) is 3. The Balaban J connectivity index is 0.00000225. The van der Waals surface area contributed by atoms with Crippen LogP contribution >= 0.6 is 11.3 Å². The average Bonchev–Trinajstić information content (AvgIpc) is 3.03. The van der Waals surface area contributed by atoms with Gasteiger partial charge in [0.05, 0.1) is 18.5 Å². The van der Waals surface area contributed by atoms with Crippen molar-refractivity contribution in [1.82, 2.24) is 4.57 Å². The van der Waals surface area contributed by atoms with Crippen LogP contribution in [0.4, 0.5) is 5.69 Å². The van der Waals surface area contributed by atoms with E-state index in [0.29, 0.717) is 0 Å². The molecule has 1 aromatic heterocycles. The summed E-state index contributed by atoms with van der Waals surface area (Å²) in [6.07, 6.45) is 0. The van der Waals surface area contributed by atoms with E-state index in [4.69, 9.17) is 9.73 Å². The maximum absolute atomic E-state index is 5.29. The fraction of sp³-hybridized carbons (Fsp3) is 0.174. The van der Waals surface area contributed by atoms with Crippen molar-refractivity contribution in [2.45, 2.75) is 20.4 Å². The predicted molar refractivity (Wildman–Crippen MR) is 114 cm³/mol. The Labute approximate surface area is 179 Å². The molecule has 1 heterocycles. The molecule has 5 heteroatoms. The van der Waals surface area contributed by atoms with Gasteiger partial charge in [-0.25, -0.2) is 4.99 Å². The van der Waals surface area contributed by atoms with Crippen LogP contribution in [0.25, 0.3) is 22.0 Å². The summed E-state index contributed by atoms with van der Waals surface area (Å²) in [4.78, 5) is 7.33. The third-order valence-electron chi connectivity index (χ3n) is 4.74. The molecule has 0 atom stereocenters. The van der Waals surface area contributed by atoms with Crippen molar-refractivity contribution in [3.8, 4) is 17.0 Å². The molecule has 28 heavy (non-hydrogen) atoms. The summed E-state index contributed by atoms with van der Waals surface area (Å²) in [5.41, 5.74) is 3.42. The molecule has 144 valence electrons. The van der Waals surface area contributed by atoms with Gasteiger partial charge >= 0.3 is 0 Å². The van der Waals surface area contributed by atoms with Crippen LogP contribution in [0, 0.1) is 6.92 Å². The fourth-order valence-electron chi connectivity index (χ4n) is 3.42. The summed E-state index contributed by atoms with van der Waals surface area (Å²) in [7, 11) is 1.69. The molecule has 4 aromatic rings. The van der Waals surface area contributed by atoms with Crippen molar-refractivity contribution < 1.29 is 21.7 Å². The topological polar surface area (TPSA) is 26.5 Å². The van der Waals surface area contributed by atoms with E-state index in [1.54, 1.807) is 18.4 Å². The van der Waals surface area contributed by atoms with Gasteiger partial charge in [-0.2, -0.15) is 0 Å². The number of aryl methyl sites for hydroxylation is 1. The lowest BCUT2D eigenvalue weighted by Gasteiger charge is -2.09. The zero-order chi connectivity index (χ0) is 18.8. The molecule has 0 saturated carbocycles. The van der Waals surface area contributed by atoms with E-state index in [9.17, 15) is 0 Å². The molecule has 0 radical (unpaired) electrons. The van der Waals surface area contributed by atoms with Crippen molar-refractivity contribution in [3.05, 3.63) is 76.4 Å². The Morgan fingerprint density at radius 2 is 1.68 bits per heavy atom. The van der Waals surface area contributed by atoms with E-state index in [-0.39, 0.29) is 17.0 Å². The van der Waals surface area contributed by atoms with E-state index < -0.39 is 0 Å². The number of nitrogens with zero attached hydrogens (tertiary/aromatic N) is 2. The Hall–Kier alpha value is -2.37. The Bertz CT molecular complexity index is 1150. The first kappa shape index (κ1) is 20.4. The number of hydrogen-bond donors (Lipinski definition) is 0. The highest BCUT2D eigenvalue weighted by molar-refractivity contribution is 7.09. The smallest absolute Gasteiger partial charge is 0.190 e. The van der Waals surface area contributed by atoms with Gasteiger partial charge in [0.25, 0.3) is 0 Å². The van der Waals surface area contributed by atoms with E-state index in [1.807, 2.05) is 12.1 Å². The monoisotopic (exact) mass is 453 g/mol. The van der Waals surface area contributed by atoms with E-state index >= 15 is 0 Å². The van der Waals surface area contributed by atoms with Gasteiger partial charge in [-0.3, -0.25) is 0 Å². The lowest BCUT2D eigenvalue weighted by molar-refractivity contribution is -0.00000570. The minimum absolute atomic E-state index is 0. The van der Waals surface area contributed by atoms with Crippen molar-refractivity contribution in [3.63, 3.8) is 0 Å². The minimum atomic E-state index is 0. The number of halogens is 1. The summed E-state index contributed by atoms with van der Waals surface area (Å²) in [6.45, 7) is 5.20. The summed E-state index contributed by atoms with van der Waals surface area (Å²) < 4.78 is 7.59. The lowest BCUT2D eigenvalue weighted by atomic mass is 10.1. The summed E-state index contributed by atoms with van der Waals surface area (Å²) in [5, 5.41) is 2.39. The van der Waals surface area contributed by atoms with Crippen LogP contribution in [0.15, 0.2) is 71.7 Å². The Morgan fingerprint density at radius 1 is 0.964 bits per heavy atom. The van der Waals surface area contributed by atoms with Crippen LogP contribution in [0.2, 0.25) is 0 Å². The molecule has 0 N–H and O–H groups in total. The molecule has 0 aliphatic heterocycles. The first-order chi connectivity index (χ1) is 13.2. The van der Waals surface area contributed by atoms with Gasteiger partial charge < -0.3 is 26.3 Å². The second-order valence-electron chi connectivity index (χ2n) is 6.37. The molecule has 0 unspecified atom stereocenters. The van der Waals surface area contributed by atoms with Crippen molar-refractivity contribution >= 4 is 27.8 Å². The number of methoxy groups -OCH3 is 1. The Morgan fingerprint density at radius 3 is 2.39 bits per heavy atom. The van der Waals surface area contributed by atoms with E-state index in [2.05, 4.69) is 73.0 Å². The number of benzene rings is 3. The highest BCUT2D eigenvalue weighted by Gasteiger charge is 2.12. The van der Waals surface area contributed by atoms with Crippen LogP contribution in [0.3, 0.4) is 0 Å². The normalized spacial score (nSPS) is 11.5. The third kappa shape index (κ3) is 3.77. The first-order valence-electron chi connectivity index (χ1n) is 9.08. The molecule has 0 aliphatic rings. The van der Waals surface area contributed by atoms with Gasteiger partial charge in [0.1, 0.15) is 5.75 Å². The zero-order valence-corrected chi connectivity index (χ0v) is 18.5. The minimum Gasteiger partial charge on any atom is -1.00 e. The van der Waals surface area contributed by atoms with Gasteiger partial charge in [0, 0.05) is 16.8 Å². The highest BCUT2D eigenvalue weighted by Crippen LogP contribution is 2.29. The molecular weight excluding hydrogens is 432 g/mol. The quantitative estimate of drug-likeness (QED) is 0.466. The number of aromatic nitrogens is 1. The van der Waals surface area contributed by atoms with Gasteiger partial charge in [-0.15, -0.1) is 11.3 Å². The van der Waals surface area contributed by atoms with E-state index in [0.717, 1.165) is 22.8 Å². The van der Waals surface area contributed by atoms with Crippen molar-refractivity contribution in [1.29, 1.82) is 0 Å². The number of rotatable bonds is 4. The lowest BCUT2D eigenvalue weighted by Crippen LogP contribution is -3.00. The molecule has 3 nitrogen and oxygen atoms in total. The van der Waals surface area contributed by atoms with Crippen molar-refractivity contribution in [2.75, 3.05) is 7.11 Å². The molecule has 0 bridgehead atoms. The van der Waals surface area contributed by atoms with Crippen LogP contribution in [-0.4, -0.2) is 11.7 Å². The van der Waals surface area contributed by atoms with Crippen LogP contribution < -0.4 is 26.5 Å². The molecular formula is C23H22BrN2OS-. The average molecular weight is 454 g/mol. The molecule has 3 aromatic carbocycles. The summed E-state index contributed by atoms with van der Waals surface area (Å²) in [5.74, 6) is 0.871. The first-order valence-corrected chi connectivity index (χ1v) is 9.90. The van der Waals surface area contributed by atoms with Crippen LogP contribution in [0.5, 0.6) is 5.75 Å². The van der Waals surface area contributed by atoms with Gasteiger partial charge in [0.2, 0.25) is 0 Å². The van der Waals surface area contributed by atoms with Crippen molar-refractivity contribution in [2.24, 2.45) is 4.99 Å². The number of ether oxygens (including phenoxy) is 1. The van der Waals surface area contributed by atoms with Gasteiger partial charge in [0.15, 0.2) is 4.80 Å². The molecule has 4 rings (SSSR count). The Kier molecular flexibility index (Phi) is 6.37. The second-order valence-corrected chi connectivity index (χ2v) is 7.55. The fourth-order valence-corrected chi connectivity index (χ4v) is 4.49. The summed E-state index contributed by atoms with van der Waals surface area (Å²) in [6, 6.07) is 22.9. The van der Waals surface area contributed by atoms with Crippen LogP contribution in [-0.2, 0) is 6.54 Å². The molecule has 0 fully saturated rings. The number of fused-ring (bicyclic) bond motifs is 1. The standard InChI is InChI=1S/C23H22N2OS.BrH/c1-4-25-22(18-12-14-19(26-3)15-13-18)16(2)27-23(25)24-21-11-7-9-17-8-5-6-10-20(17)21;/h5-15H,4H2,1-3H3;1H/p-1. The largest absolute Gasteiger partial charge is 1.00 e. The molecule has 0 saturated heterocycles. The maximum atomic E-state index is 5.29. The van der Waals surface area contributed by atoms with Crippen LogP contribution in [0.1, 0.15) is 11.8 Å².